The molecule has 0 aliphatic heterocycles. The SMILES string of the molecule is C/C=C(\C)Cl.C=CN.CCC.CCCSN(CCC)c1ccc(C(=O)Nc2ccc(Cl)c(-c3ccc(F)cn3)c2)cc1. The van der Waals surface area contributed by atoms with Crippen molar-refractivity contribution < 1.29 is 9.18 Å². The third kappa shape index (κ3) is 15.9. The molecule has 3 rings (SSSR count). The van der Waals surface area contributed by atoms with Gasteiger partial charge in [-0.25, -0.2) is 4.39 Å². The Bertz CT molecular complexity index is 1200. The van der Waals surface area contributed by atoms with Crippen molar-refractivity contribution in [1.29, 1.82) is 0 Å². The lowest BCUT2D eigenvalue weighted by Crippen LogP contribution is -2.16. The summed E-state index contributed by atoms with van der Waals surface area (Å²) in [7, 11) is 0. The third-order valence-corrected chi connectivity index (χ3v) is 6.76. The topological polar surface area (TPSA) is 71.2 Å². The van der Waals surface area contributed by atoms with Crippen LogP contribution in [0, 0.1) is 5.82 Å². The number of aromatic nitrogens is 1. The number of nitrogens with zero attached hydrogens (tertiary/aromatic N) is 2. The number of hydrogen-bond donors (Lipinski definition) is 2. The van der Waals surface area contributed by atoms with Crippen LogP contribution in [0.3, 0.4) is 0 Å². The first-order valence-corrected chi connectivity index (χ1v) is 15.7. The van der Waals surface area contributed by atoms with Crippen molar-refractivity contribution in [2.45, 2.75) is 60.8 Å². The number of allylic oxidation sites excluding steroid dienone is 2. The standard InChI is InChI=1S/C24H25ClFN3OS.C4H7Cl.C3H8.C2H5N/c1-3-13-29(31-14-4-2)20-9-5-17(6-10-20)24(30)28-19-8-11-22(25)21(15-19)23-12-7-18(26)16-27-23;1-3-4(2)5;1-3-2;1-2-3/h5-12,15-16H,3-4,13-14H2,1-2H3,(H,28,30);3H,1-2H3;3H2,1-2H3;2H,1,3H2/b;4-3+;;. The lowest BCUT2D eigenvalue weighted by molar-refractivity contribution is 0.102. The minimum atomic E-state index is -0.418. The van der Waals surface area contributed by atoms with E-state index < -0.39 is 5.82 Å². The Labute approximate surface area is 266 Å². The van der Waals surface area contributed by atoms with Crippen LogP contribution in [0.1, 0.15) is 71.2 Å². The van der Waals surface area contributed by atoms with E-state index in [0.717, 1.165) is 42.1 Å². The molecule has 0 spiro atoms. The maximum Gasteiger partial charge on any atom is 0.255 e. The number of halogens is 3. The Balaban J connectivity index is 0.00000132. The van der Waals surface area contributed by atoms with Crippen molar-refractivity contribution in [3.05, 3.63) is 101 Å². The quantitative estimate of drug-likeness (QED) is 0.229. The predicted molar refractivity (Wildman–Crippen MR) is 185 cm³/mol. The van der Waals surface area contributed by atoms with Gasteiger partial charge in [0.1, 0.15) is 5.82 Å². The first-order valence-electron chi connectivity index (χ1n) is 14.0. The minimum Gasteiger partial charge on any atom is -0.405 e. The lowest BCUT2D eigenvalue weighted by atomic mass is 10.1. The Morgan fingerprint density at radius 1 is 1.10 bits per heavy atom. The Hall–Kier alpha value is -3.00. The number of nitrogens with two attached hydrogens (primary N) is 1. The summed E-state index contributed by atoms with van der Waals surface area (Å²) in [5.74, 6) is 0.429. The van der Waals surface area contributed by atoms with Crippen molar-refractivity contribution in [2.75, 3.05) is 21.9 Å². The van der Waals surface area contributed by atoms with Crippen LogP contribution in [-0.2, 0) is 0 Å². The smallest absolute Gasteiger partial charge is 0.255 e. The molecule has 0 atom stereocenters. The third-order valence-electron chi connectivity index (χ3n) is 4.92. The molecule has 0 aliphatic rings. The summed E-state index contributed by atoms with van der Waals surface area (Å²) < 4.78 is 15.4. The van der Waals surface area contributed by atoms with E-state index in [1.54, 1.807) is 24.3 Å². The molecular formula is C33H45Cl2FN4OS. The molecule has 5 nitrogen and oxygen atoms in total. The van der Waals surface area contributed by atoms with E-state index >= 15 is 0 Å². The molecule has 3 aromatic rings. The molecule has 0 saturated carbocycles. The van der Waals surface area contributed by atoms with Crippen LogP contribution < -0.4 is 15.4 Å². The molecule has 9 heteroatoms. The van der Waals surface area contributed by atoms with Crippen LogP contribution in [0.25, 0.3) is 11.3 Å². The molecule has 1 heterocycles. The second-order valence-corrected chi connectivity index (χ2v) is 10.9. The Morgan fingerprint density at radius 2 is 1.69 bits per heavy atom. The van der Waals surface area contributed by atoms with Crippen LogP contribution in [0.5, 0.6) is 0 Å². The Morgan fingerprint density at radius 3 is 2.17 bits per heavy atom. The molecule has 42 heavy (non-hydrogen) atoms. The van der Waals surface area contributed by atoms with Crippen LogP contribution in [-0.4, -0.2) is 23.2 Å². The number of rotatable bonds is 9. The van der Waals surface area contributed by atoms with Crippen LogP contribution >= 0.6 is 35.1 Å². The predicted octanol–water partition coefficient (Wildman–Crippen LogP) is 10.7. The maximum absolute atomic E-state index is 13.2. The summed E-state index contributed by atoms with van der Waals surface area (Å²) in [4.78, 5) is 16.8. The molecule has 0 radical (unpaired) electrons. The Kier molecular flexibility index (Phi) is 21.9. The highest BCUT2D eigenvalue weighted by atomic mass is 35.5. The summed E-state index contributed by atoms with van der Waals surface area (Å²) in [5.41, 5.74) is 8.02. The summed E-state index contributed by atoms with van der Waals surface area (Å²) in [6, 6.07) is 15.6. The lowest BCUT2D eigenvalue weighted by Gasteiger charge is -2.22. The molecule has 2 aromatic carbocycles. The van der Waals surface area contributed by atoms with Gasteiger partial charge in [0.15, 0.2) is 0 Å². The van der Waals surface area contributed by atoms with E-state index in [4.69, 9.17) is 23.2 Å². The number of hydrogen-bond acceptors (Lipinski definition) is 5. The zero-order valence-electron chi connectivity index (χ0n) is 25.6. The van der Waals surface area contributed by atoms with Crippen molar-refractivity contribution in [3.8, 4) is 11.3 Å². The highest BCUT2D eigenvalue weighted by molar-refractivity contribution is 8.00. The minimum absolute atomic E-state index is 0.213. The van der Waals surface area contributed by atoms with Crippen LogP contribution in [0.15, 0.2) is 84.7 Å². The summed E-state index contributed by atoms with van der Waals surface area (Å²) in [6.07, 6.45) is 7.66. The molecule has 1 aromatic heterocycles. The van der Waals surface area contributed by atoms with E-state index in [-0.39, 0.29) is 5.91 Å². The molecular weight excluding hydrogens is 590 g/mol. The van der Waals surface area contributed by atoms with Gasteiger partial charge in [-0.2, -0.15) is 0 Å². The fourth-order valence-electron chi connectivity index (χ4n) is 2.99. The van der Waals surface area contributed by atoms with Crippen molar-refractivity contribution in [1.82, 2.24) is 4.98 Å². The van der Waals surface area contributed by atoms with E-state index in [2.05, 4.69) is 54.6 Å². The zero-order valence-corrected chi connectivity index (χ0v) is 27.9. The zero-order chi connectivity index (χ0) is 31.9. The normalized spacial score (nSPS) is 10.1. The van der Waals surface area contributed by atoms with Gasteiger partial charge in [-0.3, -0.25) is 9.78 Å². The van der Waals surface area contributed by atoms with Gasteiger partial charge in [-0.1, -0.05) is 70.0 Å². The van der Waals surface area contributed by atoms with Gasteiger partial charge in [0.25, 0.3) is 5.91 Å². The summed E-state index contributed by atoms with van der Waals surface area (Å²) >= 11 is 13.4. The van der Waals surface area contributed by atoms with Gasteiger partial charge in [-0.05, 0) is 99.4 Å². The highest BCUT2D eigenvalue weighted by Crippen LogP contribution is 2.30. The molecule has 1 amide bonds. The van der Waals surface area contributed by atoms with Crippen molar-refractivity contribution in [3.63, 3.8) is 0 Å². The second-order valence-electron chi connectivity index (χ2n) is 8.81. The van der Waals surface area contributed by atoms with Gasteiger partial charge in [0, 0.05) is 39.8 Å². The fraction of sp³-hybridized carbons (Fsp3) is 0.333. The molecule has 0 unspecified atom stereocenters. The van der Waals surface area contributed by atoms with E-state index in [1.165, 1.54) is 18.7 Å². The number of benzene rings is 2. The van der Waals surface area contributed by atoms with E-state index in [1.807, 2.05) is 56.1 Å². The number of carbonyl (C=O) groups is 1. The van der Waals surface area contributed by atoms with Crippen molar-refractivity contribution >= 4 is 52.4 Å². The number of carbonyl (C=O) groups excluding carboxylic acids is 1. The van der Waals surface area contributed by atoms with Gasteiger partial charge in [-0.15, -0.1) is 0 Å². The second kappa shape index (κ2) is 23.6. The highest BCUT2D eigenvalue weighted by Gasteiger charge is 2.12. The van der Waals surface area contributed by atoms with E-state index in [0.29, 0.717) is 27.5 Å². The van der Waals surface area contributed by atoms with Gasteiger partial charge in [0.2, 0.25) is 0 Å². The summed E-state index contributed by atoms with van der Waals surface area (Å²) in [6.45, 7) is 16.4. The molecule has 0 fully saturated rings. The number of amides is 1. The average molecular weight is 636 g/mol. The summed E-state index contributed by atoms with van der Waals surface area (Å²) in [5, 5.41) is 4.22. The van der Waals surface area contributed by atoms with E-state index in [9.17, 15) is 9.18 Å². The largest absolute Gasteiger partial charge is 0.405 e. The fourth-order valence-corrected chi connectivity index (χ4v) is 4.19. The van der Waals surface area contributed by atoms with Crippen LogP contribution in [0.4, 0.5) is 15.8 Å². The maximum atomic E-state index is 13.2. The van der Waals surface area contributed by atoms with Gasteiger partial charge in [0.05, 0.1) is 16.9 Å². The molecule has 0 saturated heterocycles. The average Bonchev–Trinajstić information content (AvgIpc) is 2.98. The molecule has 230 valence electrons. The number of pyridine rings is 1. The molecule has 0 bridgehead atoms. The first kappa shape index (κ1) is 39.0. The number of anilines is 2. The van der Waals surface area contributed by atoms with Crippen molar-refractivity contribution in [2.24, 2.45) is 5.73 Å². The monoisotopic (exact) mass is 634 g/mol. The molecule has 0 aliphatic carbocycles. The first-order chi connectivity index (χ1) is 20.1. The number of nitrogens with one attached hydrogen (secondary N) is 1. The van der Waals surface area contributed by atoms with Gasteiger partial charge >= 0.3 is 0 Å². The van der Waals surface area contributed by atoms with Crippen LogP contribution in [0.2, 0.25) is 5.02 Å². The molecule has 3 N–H and O–H groups in total. The van der Waals surface area contributed by atoms with Gasteiger partial charge < -0.3 is 15.4 Å².